The highest BCUT2D eigenvalue weighted by Gasteiger charge is 2.32. The van der Waals surface area contributed by atoms with E-state index >= 15 is 0 Å². The van der Waals surface area contributed by atoms with Gasteiger partial charge in [0.1, 0.15) is 6.04 Å². The molecule has 3 N–H and O–H groups in total. The SMILES string of the molecule is O=C1CC[C@H](C(=O)N2CCC(c3cc(=O)[nH]cn3)CC2)NC(=O)N1. The van der Waals surface area contributed by atoms with E-state index in [1.54, 1.807) is 4.90 Å². The summed E-state index contributed by atoms with van der Waals surface area (Å²) in [6.45, 7) is 1.07. The molecule has 24 heavy (non-hydrogen) atoms. The number of aromatic amines is 1. The summed E-state index contributed by atoms with van der Waals surface area (Å²) < 4.78 is 0. The maximum absolute atomic E-state index is 12.6. The molecule has 4 amide bonds. The largest absolute Gasteiger partial charge is 0.341 e. The van der Waals surface area contributed by atoms with Crippen molar-refractivity contribution >= 4 is 17.8 Å². The van der Waals surface area contributed by atoms with E-state index in [0.29, 0.717) is 32.4 Å². The van der Waals surface area contributed by atoms with E-state index in [4.69, 9.17) is 0 Å². The van der Waals surface area contributed by atoms with Crippen LogP contribution in [0.15, 0.2) is 17.2 Å². The smallest absolute Gasteiger partial charge is 0.322 e. The second kappa shape index (κ2) is 6.81. The van der Waals surface area contributed by atoms with Crippen LogP contribution in [0.1, 0.15) is 37.3 Å². The first-order chi connectivity index (χ1) is 11.5. The van der Waals surface area contributed by atoms with Crippen molar-refractivity contribution in [3.63, 3.8) is 0 Å². The molecular formula is C15H19N5O4. The number of urea groups is 1. The van der Waals surface area contributed by atoms with E-state index < -0.39 is 12.1 Å². The molecule has 0 aliphatic carbocycles. The van der Waals surface area contributed by atoms with Crippen molar-refractivity contribution in [3.8, 4) is 0 Å². The van der Waals surface area contributed by atoms with E-state index in [1.807, 2.05) is 0 Å². The van der Waals surface area contributed by atoms with Gasteiger partial charge in [-0.05, 0) is 19.3 Å². The van der Waals surface area contributed by atoms with Crippen molar-refractivity contribution in [2.24, 2.45) is 0 Å². The van der Waals surface area contributed by atoms with Crippen molar-refractivity contribution in [2.75, 3.05) is 13.1 Å². The number of aromatic nitrogens is 2. The molecule has 2 fully saturated rings. The molecule has 0 bridgehead atoms. The first-order valence-electron chi connectivity index (χ1n) is 7.96. The highest BCUT2D eigenvalue weighted by atomic mass is 16.2. The Bertz CT molecular complexity index is 708. The summed E-state index contributed by atoms with van der Waals surface area (Å²) in [7, 11) is 0. The van der Waals surface area contributed by atoms with E-state index in [1.165, 1.54) is 12.4 Å². The highest BCUT2D eigenvalue weighted by molar-refractivity contribution is 5.98. The number of nitrogens with one attached hydrogen (secondary N) is 3. The number of hydrogen-bond donors (Lipinski definition) is 3. The maximum atomic E-state index is 12.6. The number of hydrogen-bond acceptors (Lipinski definition) is 5. The van der Waals surface area contributed by atoms with Gasteiger partial charge in [0.15, 0.2) is 0 Å². The predicted octanol–water partition coefficient (Wildman–Crippen LogP) is -0.536. The molecule has 0 radical (unpaired) electrons. The summed E-state index contributed by atoms with van der Waals surface area (Å²) in [5.74, 6) is -0.401. The summed E-state index contributed by atoms with van der Waals surface area (Å²) in [6.07, 6.45) is 3.24. The van der Waals surface area contributed by atoms with Crippen LogP contribution in [0, 0.1) is 0 Å². The first kappa shape index (κ1) is 16.2. The molecule has 9 heteroatoms. The summed E-state index contributed by atoms with van der Waals surface area (Å²) in [5, 5.41) is 4.70. The Morgan fingerprint density at radius 1 is 1.17 bits per heavy atom. The minimum Gasteiger partial charge on any atom is -0.341 e. The van der Waals surface area contributed by atoms with Gasteiger partial charge in [-0.15, -0.1) is 0 Å². The third-order valence-electron chi connectivity index (χ3n) is 4.44. The monoisotopic (exact) mass is 333 g/mol. The van der Waals surface area contributed by atoms with Crippen molar-refractivity contribution < 1.29 is 14.4 Å². The molecule has 9 nitrogen and oxygen atoms in total. The third kappa shape index (κ3) is 3.61. The van der Waals surface area contributed by atoms with Gasteiger partial charge in [0.05, 0.1) is 12.0 Å². The molecule has 1 aromatic rings. The van der Waals surface area contributed by atoms with Gasteiger partial charge in [-0.1, -0.05) is 0 Å². The van der Waals surface area contributed by atoms with Crippen molar-refractivity contribution in [1.82, 2.24) is 25.5 Å². The normalized spacial score (nSPS) is 22.5. The van der Waals surface area contributed by atoms with Gasteiger partial charge in [0.25, 0.3) is 5.56 Å². The number of amides is 4. The molecule has 0 unspecified atom stereocenters. The first-order valence-corrected chi connectivity index (χ1v) is 7.96. The lowest BCUT2D eigenvalue weighted by atomic mass is 9.93. The number of piperidine rings is 1. The Morgan fingerprint density at radius 2 is 1.92 bits per heavy atom. The average molecular weight is 333 g/mol. The van der Waals surface area contributed by atoms with Crippen LogP contribution in [0.25, 0.3) is 0 Å². The summed E-state index contributed by atoms with van der Waals surface area (Å²) >= 11 is 0. The fourth-order valence-corrected chi connectivity index (χ4v) is 3.14. The predicted molar refractivity (Wildman–Crippen MR) is 83.1 cm³/mol. The van der Waals surface area contributed by atoms with E-state index in [9.17, 15) is 19.2 Å². The minimum absolute atomic E-state index is 0.141. The number of H-pyrrole nitrogens is 1. The molecule has 2 aliphatic rings. The van der Waals surface area contributed by atoms with Crippen LogP contribution in [0.3, 0.4) is 0 Å². The summed E-state index contributed by atoms with van der Waals surface area (Å²) in [4.78, 5) is 55.1. The van der Waals surface area contributed by atoms with Crippen LogP contribution in [-0.2, 0) is 9.59 Å². The van der Waals surface area contributed by atoms with Gasteiger partial charge in [-0.3, -0.25) is 19.7 Å². The van der Waals surface area contributed by atoms with Gasteiger partial charge in [0.2, 0.25) is 11.8 Å². The molecule has 0 aromatic carbocycles. The lowest BCUT2D eigenvalue weighted by Crippen LogP contribution is -2.51. The van der Waals surface area contributed by atoms with Gasteiger partial charge >= 0.3 is 6.03 Å². The minimum atomic E-state index is -0.675. The maximum Gasteiger partial charge on any atom is 0.322 e. The molecule has 0 saturated carbocycles. The average Bonchev–Trinajstić information content (AvgIpc) is 2.74. The Morgan fingerprint density at radius 3 is 2.62 bits per heavy atom. The second-order valence-corrected chi connectivity index (χ2v) is 6.05. The second-order valence-electron chi connectivity index (χ2n) is 6.05. The fourth-order valence-electron chi connectivity index (χ4n) is 3.14. The quantitative estimate of drug-likeness (QED) is 0.671. The lowest BCUT2D eigenvalue weighted by molar-refractivity contribution is -0.134. The van der Waals surface area contributed by atoms with E-state index in [2.05, 4.69) is 20.6 Å². The number of carbonyl (C=O) groups is 3. The van der Waals surface area contributed by atoms with Gasteiger partial charge in [0, 0.05) is 31.5 Å². The fraction of sp³-hybridized carbons (Fsp3) is 0.533. The molecule has 3 rings (SSSR count). The zero-order valence-electron chi connectivity index (χ0n) is 13.1. The molecule has 3 heterocycles. The van der Waals surface area contributed by atoms with Gasteiger partial charge in [-0.2, -0.15) is 0 Å². The Kier molecular flexibility index (Phi) is 4.59. The number of nitrogens with zero attached hydrogens (tertiary/aromatic N) is 2. The lowest BCUT2D eigenvalue weighted by Gasteiger charge is -2.33. The van der Waals surface area contributed by atoms with Crippen LogP contribution in [-0.4, -0.2) is 51.8 Å². The standard InChI is InChI=1S/C15H19N5O4/c21-12-2-1-10(18-15(24)19-12)14(23)20-5-3-9(4-6-20)11-7-13(22)17-8-16-11/h7-10H,1-6H2,(H,16,17,22)(H2,18,19,21,24)/t10-/m1/s1. The van der Waals surface area contributed by atoms with E-state index in [0.717, 1.165) is 5.69 Å². The number of carbonyl (C=O) groups excluding carboxylic acids is 3. The highest BCUT2D eigenvalue weighted by Crippen LogP contribution is 2.26. The number of likely N-dealkylation sites (tertiary alicyclic amines) is 1. The van der Waals surface area contributed by atoms with E-state index in [-0.39, 0.29) is 29.7 Å². The molecule has 0 spiro atoms. The van der Waals surface area contributed by atoms with Crippen LogP contribution in [0.2, 0.25) is 0 Å². The zero-order chi connectivity index (χ0) is 17.1. The molecule has 2 aliphatic heterocycles. The van der Waals surface area contributed by atoms with Crippen LogP contribution in [0.5, 0.6) is 0 Å². The molecular weight excluding hydrogens is 314 g/mol. The van der Waals surface area contributed by atoms with Crippen LogP contribution < -0.4 is 16.2 Å². The third-order valence-corrected chi connectivity index (χ3v) is 4.44. The van der Waals surface area contributed by atoms with Crippen molar-refractivity contribution in [2.45, 2.75) is 37.6 Å². The Hall–Kier alpha value is -2.71. The van der Waals surface area contributed by atoms with Crippen molar-refractivity contribution in [3.05, 3.63) is 28.4 Å². The molecule has 128 valence electrons. The molecule has 2 saturated heterocycles. The summed E-state index contributed by atoms with van der Waals surface area (Å²) in [5.41, 5.74) is 0.556. The Balaban J connectivity index is 1.59. The molecule has 1 atom stereocenters. The van der Waals surface area contributed by atoms with Crippen LogP contribution in [0.4, 0.5) is 4.79 Å². The Labute approximate surface area is 137 Å². The zero-order valence-corrected chi connectivity index (χ0v) is 13.1. The van der Waals surface area contributed by atoms with Crippen LogP contribution >= 0.6 is 0 Å². The number of imide groups is 1. The molecule has 1 aromatic heterocycles. The summed E-state index contributed by atoms with van der Waals surface area (Å²) in [6, 6.07) is 0.189. The van der Waals surface area contributed by atoms with Gasteiger partial charge in [-0.25, -0.2) is 9.78 Å². The van der Waals surface area contributed by atoms with Crippen molar-refractivity contribution in [1.29, 1.82) is 0 Å². The van der Waals surface area contributed by atoms with Gasteiger partial charge < -0.3 is 15.2 Å². The topological polar surface area (TPSA) is 124 Å². The number of rotatable bonds is 2.